The van der Waals surface area contributed by atoms with Crippen LogP contribution in [-0.4, -0.2) is 96.7 Å². The van der Waals surface area contributed by atoms with Gasteiger partial charge in [0.15, 0.2) is 12.2 Å². The third-order valence-electron chi connectivity index (χ3n) is 17.8. The number of aliphatic hydroxyl groups is 1. The maximum atomic E-state index is 13.1. The minimum Gasteiger partial charge on any atom is -0.462 e. The van der Waals surface area contributed by atoms with Gasteiger partial charge in [0.2, 0.25) is 0 Å². The van der Waals surface area contributed by atoms with Gasteiger partial charge in [-0.1, -0.05) is 334 Å². The number of unbranched alkanes of at least 4 members (excludes halogenated alkanes) is 30. The Morgan fingerprint density at radius 3 is 0.800 bits per heavy atom. The summed E-state index contributed by atoms with van der Waals surface area (Å²) in [5.41, 5.74) is 0. The molecule has 0 saturated carbocycles. The van der Waals surface area contributed by atoms with Crippen LogP contribution in [0.25, 0.3) is 0 Å². The van der Waals surface area contributed by atoms with Crippen molar-refractivity contribution in [1.82, 2.24) is 0 Å². The molecule has 0 fully saturated rings. The SMILES string of the molecule is CC/C=C\C/C=C\C/C=C\C/C=C\C/C=C\C/C=C\CCC(=O)OCC(COP(=O)(O)OCC(O)COP(=O)(O)OCC(COC(=O)CCCCCCCCC/C=C\C/C=C\C/C=C\CC)OC(=O)CCCCCCCCCCCCCCCCC)OC(=O)CCCCCCCC/C=C\C/C=C\C/C=C\CCCCC. The van der Waals surface area contributed by atoms with Crippen LogP contribution >= 0.6 is 15.6 Å². The second-order valence-corrected chi connectivity index (χ2v) is 31.3. The van der Waals surface area contributed by atoms with Gasteiger partial charge in [0.1, 0.15) is 19.3 Å². The lowest BCUT2D eigenvalue weighted by Crippen LogP contribution is -2.30. The molecule has 0 aliphatic heterocycles. The molecule has 0 heterocycles. The fourth-order valence-corrected chi connectivity index (χ4v) is 12.9. The van der Waals surface area contributed by atoms with Crippen LogP contribution in [0.4, 0.5) is 0 Å². The Kier molecular flexibility index (Phi) is 78.2. The largest absolute Gasteiger partial charge is 0.472 e. The topological polar surface area (TPSA) is 237 Å². The first-order chi connectivity index (χ1) is 53.7. The van der Waals surface area contributed by atoms with E-state index in [2.05, 4.69) is 155 Å². The molecule has 0 radical (unpaired) electrons. The number of aliphatic hydroxyl groups excluding tert-OH is 1. The molecular weight excluding hydrogens is 1430 g/mol. The fourth-order valence-electron chi connectivity index (χ4n) is 11.3. The van der Waals surface area contributed by atoms with E-state index in [1.165, 1.54) is 83.5 Å². The van der Waals surface area contributed by atoms with Crippen molar-refractivity contribution in [3.05, 3.63) is 146 Å². The average molecular weight is 1580 g/mol. The highest BCUT2D eigenvalue weighted by atomic mass is 31.2. The van der Waals surface area contributed by atoms with Crippen LogP contribution in [0.1, 0.15) is 349 Å². The predicted octanol–water partition coefficient (Wildman–Crippen LogP) is 25.8. The molecule has 0 aliphatic rings. The predicted molar refractivity (Wildman–Crippen MR) is 454 cm³/mol. The van der Waals surface area contributed by atoms with E-state index in [1.807, 2.05) is 18.2 Å². The van der Waals surface area contributed by atoms with Gasteiger partial charge in [-0.3, -0.25) is 37.3 Å². The van der Waals surface area contributed by atoms with E-state index in [1.54, 1.807) is 0 Å². The van der Waals surface area contributed by atoms with Crippen molar-refractivity contribution >= 4 is 39.5 Å². The van der Waals surface area contributed by atoms with Crippen LogP contribution in [0.3, 0.4) is 0 Å². The van der Waals surface area contributed by atoms with Gasteiger partial charge in [-0.25, -0.2) is 9.13 Å². The average Bonchev–Trinajstić information content (AvgIpc) is 0.900. The third-order valence-corrected chi connectivity index (χ3v) is 19.7. The summed E-state index contributed by atoms with van der Waals surface area (Å²) in [5.74, 6) is -2.29. The van der Waals surface area contributed by atoms with Gasteiger partial charge < -0.3 is 33.8 Å². The molecule has 630 valence electrons. The number of phosphoric acid groups is 2. The summed E-state index contributed by atoms with van der Waals surface area (Å²) in [6.07, 6.45) is 95.3. The first-order valence-corrected chi connectivity index (χ1v) is 46.1. The van der Waals surface area contributed by atoms with Gasteiger partial charge in [0, 0.05) is 25.7 Å². The first kappa shape index (κ1) is 105. The standard InChI is InChI=1S/C91H154O17P2/c1-5-9-13-17-21-25-29-33-37-40-42-45-49-52-56-60-64-68-72-76-89(94)102-82-87(108-91(96)78-74-70-66-62-58-54-50-46-43-41-38-34-30-26-22-18-14-10-6-2)84-106-110(99,100)104-80-85(92)79-103-109(97,98)105-83-86(107-90(95)77-73-69-65-61-57-53-47-36-32-28-24-20-16-12-8-4)81-101-88(93)75-71-67-63-59-55-51-48-44-39-35-31-27-23-19-15-11-7-3/h9,11,13,15,21-23,25-27,33-35,37-39,42-43,45-46,52,56,64,68,85-87,92H,5-8,10,12,14,16-20,24,28-32,36,40-41,44,47-51,53-55,57-63,65-67,69-84H2,1-4H3,(H,97,98)(H,99,100)/b13-9-,15-11-,25-21-,26-22-,27-23-,37-33-,38-34-,39-35-,45-42-,46-43-,56-52-,68-64-. The number of rotatable bonds is 80. The second kappa shape index (κ2) is 81.9. The van der Waals surface area contributed by atoms with E-state index >= 15 is 0 Å². The minimum atomic E-state index is -5.01. The number of hydrogen-bond donors (Lipinski definition) is 3. The van der Waals surface area contributed by atoms with Crippen molar-refractivity contribution in [1.29, 1.82) is 0 Å². The quantitative estimate of drug-likeness (QED) is 0.0169. The molecule has 0 rings (SSSR count). The van der Waals surface area contributed by atoms with Crippen LogP contribution in [0.2, 0.25) is 0 Å². The van der Waals surface area contributed by atoms with Crippen LogP contribution in [0.5, 0.6) is 0 Å². The number of phosphoric ester groups is 2. The highest BCUT2D eigenvalue weighted by Gasteiger charge is 2.30. The van der Waals surface area contributed by atoms with E-state index in [-0.39, 0.29) is 25.7 Å². The van der Waals surface area contributed by atoms with E-state index in [0.29, 0.717) is 32.1 Å². The molecule has 0 bridgehead atoms. The molecule has 0 aliphatic carbocycles. The number of allylic oxidation sites excluding steroid dienone is 24. The van der Waals surface area contributed by atoms with Crippen LogP contribution in [0.15, 0.2) is 146 Å². The molecule has 110 heavy (non-hydrogen) atoms. The molecule has 5 unspecified atom stereocenters. The number of carbonyl (C=O) groups excluding carboxylic acids is 4. The lowest BCUT2D eigenvalue weighted by Gasteiger charge is -2.21. The van der Waals surface area contributed by atoms with E-state index in [4.69, 9.17) is 37.0 Å². The van der Waals surface area contributed by atoms with Gasteiger partial charge >= 0.3 is 39.5 Å². The normalized spacial score (nSPS) is 14.5. The molecule has 0 aromatic rings. The van der Waals surface area contributed by atoms with Crippen molar-refractivity contribution in [2.75, 3.05) is 39.6 Å². The monoisotopic (exact) mass is 1580 g/mol. The molecule has 3 N–H and O–H groups in total. The number of hydrogen-bond acceptors (Lipinski definition) is 15. The fraction of sp³-hybridized carbons (Fsp3) is 0.692. The number of ether oxygens (including phenoxy) is 4. The summed E-state index contributed by atoms with van der Waals surface area (Å²) < 4.78 is 68.8. The van der Waals surface area contributed by atoms with Gasteiger partial charge in [-0.2, -0.15) is 0 Å². The number of carbonyl (C=O) groups is 4. The maximum Gasteiger partial charge on any atom is 0.472 e. The van der Waals surface area contributed by atoms with E-state index in [0.717, 1.165) is 180 Å². The summed E-state index contributed by atoms with van der Waals surface area (Å²) in [5, 5.41) is 10.7. The zero-order valence-corrected chi connectivity index (χ0v) is 70.9. The lowest BCUT2D eigenvalue weighted by atomic mass is 10.0. The smallest absolute Gasteiger partial charge is 0.462 e. The molecule has 0 aromatic heterocycles. The van der Waals surface area contributed by atoms with Crippen molar-refractivity contribution in [3.8, 4) is 0 Å². The second-order valence-electron chi connectivity index (χ2n) is 28.4. The van der Waals surface area contributed by atoms with Gasteiger partial charge in [-0.05, 0) is 135 Å². The van der Waals surface area contributed by atoms with Crippen molar-refractivity contribution in [2.24, 2.45) is 0 Å². The Morgan fingerprint density at radius 1 is 0.264 bits per heavy atom. The molecule has 19 heteroatoms. The third kappa shape index (κ3) is 81.0. The van der Waals surface area contributed by atoms with Crippen molar-refractivity contribution in [3.63, 3.8) is 0 Å². The highest BCUT2D eigenvalue weighted by molar-refractivity contribution is 7.47. The Balaban J connectivity index is 5.46. The molecule has 0 aromatic carbocycles. The maximum absolute atomic E-state index is 13.1. The molecule has 0 amide bonds. The lowest BCUT2D eigenvalue weighted by molar-refractivity contribution is -0.161. The molecule has 17 nitrogen and oxygen atoms in total. The van der Waals surface area contributed by atoms with Crippen LogP contribution < -0.4 is 0 Å². The minimum absolute atomic E-state index is 0.0298. The Morgan fingerprint density at radius 2 is 0.491 bits per heavy atom. The Hall–Kier alpha value is -5.06. The van der Waals surface area contributed by atoms with Crippen molar-refractivity contribution < 1.29 is 80.2 Å². The zero-order chi connectivity index (χ0) is 80.3. The first-order valence-electron chi connectivity index (χ1n) is 43.1. The zero-order valence-electron chi connectivity index (χ0n) is 69.1. The summed E-state index contributed by atoms with van der Waals surface area (Å²) in [7, 11) is -10.00. The Bertz CT molecular complexity index is 2650. The van der Waals surface area contributed by atoms with E-state index in [9.17, 15) is 43.2 Å². The van der Waals surface area contributed by atoms with Gasteiger partial charge in [0.25, 0.3) is 0 Å². The van der Waals surface area contributed by atoms with Crippen molar-refractivity contribution in [2.45, 2.75) is 367 Å². The summed E-state index contributed by atoms with van der Waals surface area (Å²) in [6, 6.07) is 0. The number of esters is 4. The Labute approximate surface area is 668 Å². The summed E-state index contributed by atoms with van der Waals surface area (Å²) >= 11 is 0. The molecule has 0 saturated heterocycles. The van der Waals surface area contributed by atoms with Gasteiger partial charge in [0.05, 0.1) is 26.4 Å². The summed E-state index contributed by atoms with van der Waals surface area (Å²) in [4.78, 5) is 73.3. The van der Waals surface area contributed by atoms with Gasteiger partial charge in [-0.15, -0.1) is 0 Å². The molecular formula is C91H154O17P2. The molecule has 0 spiro atoms. The molecule has 5 atom stereocenters. The summed E-state index contributed by atoms with van der Waals surface area (Å²) in [6.45, 7) is 4.56. The van der Waals surface area contributed by atoms with Crippen LogP contribution in [-0.2, 0) is 65.4 Å². The van der Waals surface area contributed by atoms with Crippen LogP contribution in [0, 0.1) is 0 Å². The highest BCUT2D eigenvalue weighted by Crippen LogP contribution is 2.45. The van der Waals surface area contributed by atoms with E-state index < -0.39 is 97.5 Å².